The van der Waals surface area contributed by atoms with Gasteiger partial charge in [-0.3, -0.25) is 0 Å². The van der Waals surface area contributed by atoms with Crippen LogP contribution >= 0.6 is 15.9 Å². The van der Waals surface area contributed by atoms with Gasteiger partial charge in [0.15, 0.2) is 0 Å². The van der Waals surface area contributed by atoms with Gasteiger partial charge in [0.25, 0.3) is 0 Å². The Morgan fingerprint density at radius 1 is 1.05 bits per heavy atom. The fourth-order valence-corrected chi connectivity index (χ4v) is 2.89. The highest BCUT2D eigenvalue weighted by Gasteiger charge is 2.13. The van der Waals surface area contributed by atoms with Gasteiger partial charge in [0.2, 0.25) is 0 Å². The molecule has 104 valence electrons. The minimum absolute atomic E-state index is 0.500. The maximum Gasteiger partial charge on any atom is 0.148 e. The molecule has 2 N–H and O–H groups in total. The lowest BCUT2D eigenvalue weighted by Crippen LogP contribution is -2.35. The van der Waals surface area contributed by atoms with Gasteiger partial charge in [0, 0.05) is 16.1 Å². The van der Waals surface area contributed by atoms with E-state index >= 15 is 0 Å². The van der Waals surface area contributed by atoms with E-state index in [4.69, 9.17) is 0 Å². The van der Waals surface area contributed by atoms with E-state index in [1.807, 2.05) is 36.4 Å². The first kappa shape index (κ1) is 13.5. The van der Waals surface area contributed by atoms with Crippen LogP contribution in [0.25, 0.3) is 11.3 Å². The van der Waals surface area contributed by atoms with Gasteiger partial charge >= 0.3 is 0 Å². The Labute approximate surface area is 127 Å². The van der Waals surface area contributed by atoms with Crippen LogP contribution in [0.3, 0.4) is 0 Å². The van der Waals surface area contributed by atoms with Crippen LogP contribution in [-0.4, -0.2) is 29.3 Å². The van der Waals surface area contributed by atoms with E-state index in [0.29, 0.717) is 6.04 Å². The van der Waals surface area contributed by atoms with E-state index in [1.165, 1.54) is 0 Å². The lowest BCUT2D eigenvalue weighted by molar-refractivity contribution is 0.478. The molecule has 0 unspecified atom stereocenters. The molecule has 0 bridgehead atoms. The molecule has 1 aromatic carbocycles. The van der Waals surface area contributed by atoms with E-state index in [-0.39, 0.29) is 0 Å². The summed E-state index contributed by atoms with van der Waals surface area (Å²) in [6.07, 6.45) is 2.27. The number of nitrogens with zero attached hydrogens (tertiary/aromatic N) is 2. The third kappa shape index (κ3) is 3.16. The number of rotatable bonds is 3. The molecule has 1 fully saturated rings. The van der Waals surface area contributed by atoms with Crippen LogP contribution in [0.2, 0.25) is 0 Å². The Bertz CT molecular complexity index is 564. The lowest BCUT2D eigenvalue weighted by atomic mass is 10.1. The van der Waals surface area contributed by atoms with Crippen LogP contribution in [0.4, 0.5) is 5.82 Å². The zero-order valence-corrected chi connectivity index (χ0v) is 12.7. The van der Waals surface area contributed by atoms with Crippen LogP contribution in [0.5, 0.6) is 0 Å². The summed E-state index contributed by atoms with van der Waals surface area (Å²) in [7, 11) is 0. The molecule has 1 aliphatic rings. The van der Waals surface area contributed by atoms with Crippen LogP contribution in [-0.2, 0) is 0 Å². The molecule has 2 aromatic rings. The first-order valence-corrected chi connectivity index (χ1v) is 7.68. The molecular formula is C15H17BrN4. The van der Waals surface area contributed by atoms with E-state index in [1.54, 1.807) is 0 Å². The number of benzene rings is 1. The summed E-state index contributed by atoms with van der Waals surface area (Å²) in [6.45, 7) is 2.14. The third-order valence-corrected chi connectivity index (χ3v) is 4.20. The Kier molecular flexibility index (Phi) is 4.28. The smallest absolute Gasteiger partial charge is 0.148 e. The topological polar surface area (TPSA) is 49.8 Å². The van der Waals surface area contributed by atoms with Crippen molar-refractivity contribution in [3.8, 4) is 11.3 Å². The first-order chi connectivity index (χ1) is 9.83. The first-order valence-electron chi connectivity index (χ1n) is 6.89. The molecule has 0 atom stereocenters. The van der Waals surface area contributed by atoms with Crippen molar-refractivity contribution in [3.63, 3.8) is 0 Å². The summed E-state index contributed by atoms with van der Waals surface area (Å²) in [4.78, 5) is 0. The number of halogens is 1. The number of hydrogen-bond acceptors (Lipinski definition) is 4. The summed E-state index contributed by atoms with van der Waals surface area (Å²) in [5, 5.41) is 15.4. The van der Waals surface area contributed by atoms with E-state index in [2.05, 4.69) is 36.8 Å². The monoisotopic (exact) mass is 332 g/mol. The van der Waals surface area contributed by atoms with Crippen molar-refractivity contribution in [2.24, 2.45) is 0 Å². The second-order valence-electron chi connectivity index (χ2n) is 4.95. The number of anilines is 1. The van der Waals surface area contributed by atoms with Crippen molar-refractivity contribution in [3.05, 3.63) is 40.9 Å². The zero-order chi connectivity index (χ0) is 13.8. The van der Waals surface area contributed by atoms with E-state index < -0.39 is 0 Å². The van der Waals surface area contributed by atoms with Crippen LogP contribution in [0, 0.1) is 0 Å². The highest BCUT2D eigenvalue weighted by molar-refractivity contribution is 9.10. The number of aromatic nitrogens is 2. The van der Waals surface area contributed by atoms with E-state index in [0.717, 1.165) is 47.5 Å². The molecule has 0 saturated carbocycles. The fraction of sp³-hybridized carbons (Fsp3) is 0.333. The summed E-state index contributed by atoms with van der Waals surface area (Å²) < 4.78 is 1.04. The molecule has 20 heavy (non-hydrogen) atoms. The lowest BCUT2D eigenvalue weighted by Gasteiger charge is -2.23. The summed E-state index contributed by atoms with van der Waals surface area (Å²) >= 11 is 3.54. The van der Waals surface area contributed by atoms with Gasteiger partial charge < -0.3 is 10.6 Å². The Morgan fingerprint density at radius 2 is 1.85 bits per heavy atom. The standard InChI is InChI=1S/C15H17BrN4/c16-13-4-2-1-3-12(13)14-5-6-15(20-19-14)18-11-7-9-17-10-8-11/h1-6,11,17H,7-10H2,(H,18,20). The summed E-state index contributed by atoms with van der Waals surface area (Å²) in [6, 6.07) is 12.6. The second kappa shape index (κ2) is 6.33. The maximum absolute atomic E-state index is 4.32. The minimum atomic E-state index is 0.500. The molecule has 2 heterocycles. The average Bonchev–Trinajstić information content (AvgIpc) is 2.50. The highest BCUT2D eigenvalue weighted by Crippen LogP contribution is 2.26. The maximum atomic E-state index is 4.32. The highest BCUT2D eigenvalue weighted by atomic mass is 79.9. The minimum Gasteiger partial charge on any atom is -0.366 e. The molecular weight excluding hydrogens is 316 g/mol. The molecule has 4 nitrogen and oxygen atoms in total. The van der Waals surface area contributed by atoms with Gasteiger partial charge in [-0.25, -0.2) is 0 Å². The van der Waals surface area contributed by atoms with Crippen molar-refractivity contribution in [2.45, 2.75) is 18.9 Å². The Hall–Kier alpha value is -1.46. The third-order valence-electron chi connectivity index (χ3n) is 3.51. The normalized spacial score (nSPS) is 16.1. The van der Waals surface area contributed by atoms with Crippen molar-refractivity contribution in [1.29, 1.82) is 0 Å². The van der Waals surface area contributed by atoms with Gasteiger partial charge in [-0.05, 0) is 44.1 Å². The van der Waals surface area contributed by atoms with Gasteiger partial charge in [-0.2, -0.15) is 0 Å². The number of nitrogens with one attached hydrogen (secondary N) is 2. The largest absolute Gasteiger partial charge is 0.366 e. The van der Waals surface area contributed by atoms with Gasteiger partial charge in [0.1, 0.15) is 5.82 Å². The van der Waals surface area contributed by atoms with Crippen LogP contribution in [0.1, 0.15) is 12.8 Å². The van der Waals surface area contributed by atoms with Crippen molar-refractivity contribution >= 4 is 21.7 Å². The molecule has 0 spiro atoms. The SMILES string of the molecule is Brc1ccccc1-c1ccc(NC2CCNCC2)nn1. The fourth-order valence-electron chi connectivity index (χ4n) is 2.40. The summed E-state index contributed by atoms with van der Waals surface area (Å²) in [5.41, 5.74) is 1.95. The van der Waals surface area contributed by atoms with E-state index in [9.17, 15) is 0 Å². The molecule has 1 aliphatic heterocycles. The summed E-state index contributed by atoms with van der Waals surface area (Å²) in [5.74, 6) is 0.854. The van der Waals surface area contributed by atoms with Crippen molar-refractivity contribution < 1.29 is 0 Å². The second-order valence-corrected chi connectivity index (χ2v) is 5.81. The van der Waals surface area contributed by atoms with Gasteiger partial charge in [-0.15, -0.1) is 10.2 Å². The van der Waals surface area contributed by atoms with Gasteiger partial charge in [-0.1, -0.05) is 34.1 Å². The van der Waals surface area contributed by atoms with Gasteiger partial charge in [0.05, 0.1) is 5.69 Å². The molecule has 0 aliphatic carbocycles. The number of hydrogen-bond donors (Lipinski definition) is 2. The van der Waals surface area contributed by atoms with Crippen LogP contribution in [0.15, 0.2) is 40.9 Å². The van der Waals surface area contributed by atoms with Crippen molar-refractivity contribution in [1.82, 2.24) is 15.5 Å². The predicted octanol–water partition coefficient (Wildman–Crippen LogP) is 3.07. The molecule has 1 saturated heterocycles. The quantitative estimate of drug-likeness (QED) is 0.906. The average molecular weight is 333 g/mol. The van der Waals surface area contributed by atoms with Crippen LogP contribution < -0.4 is 10.6 Å². The predicted molar refractivity (Wildman–Crippen MR) is 84.7 cm³/mol. The molecule has 0 radical (unpaired) electrons. The molecule has 5 heteroatoms. The molecule has 1 aromatic heterocycles. The molecule has 0 amide bonds. The zero-order valence-electron chi connectivity index (χ0n) is 11.1. The Balaban J connectivity index is 1.73. The Morgan fingerprint density at radius 3 is 2.55 bits per heavy atom. The molecule has 3 rings (SSSR count). The number of piperidine rings is 1. The van der Waals surface area contributed by atoms with Crippen molar-refractivity contribution in [2.75, 3.05) is 18.4 Å².